The van der Waals surface area contributed by atoms with E-state index in [-0.39, 0.29) is 0 Å². The molecule has 0 radical (unpaired) electrons. The molecule has 0 heteroatoms. The third-order valence-electron chi connectivity index (χ3n) is 2.50. The summed E-state index contributed by atoms with van der Waals surface area (Å²) in [5.41, 5.74) is 0.520. The van der Waals surface area contributed by atoms with Crippen molar-refractivity contribution in [2.24, 2.45) is 11.3 Å². The fraction of sp³-hybridized carbons (Fsp3) is 1.00. The Labute approximate surface area is 86.1 Å². The standard InChI is InChI=1S/C11H24.C2H6/c1-6-8-10(9-7-2)11(3,4)5;1-2/h10H,6-9H2,1-5H3;1-2H3. The second kappa shape index (κ2) is 8.59. The van der Waals surface area contributed by atoms with E-state index in [4.69, 9.17) is 0 Å². The Hall–Kier alpha value is 0. The summed E-state index contributed by atoms with van der Waals surface area (Å²) in [5, 5.41) is 0. The molecule has 0 aromatic carbocycles. The van der Waals surface area contributed by atoms with Crippen LogP contribution in [0.3, 0.4) is 0 Å². The smallest absolute Gasteiger partial charge is 0.0354 e. The molecule has 0 aromatic rings. The first-order valence-electron chi connectivity index (χ1n) is 6.02. The maximum absolute atomic E-state index is 2.36. The summed E-state index contributed by atoms with van der Waals surface area (Å²) >= 11 is 0. The Bertz CT molecular complexity index is 80.7. The summed E-state index contributed by atoms with van der Waals surface area (Å²) in [6, 6.07) is 0. The van der Waals surface area contributed by atoms with Crippen molar-refractivity contribution in [3.63, 3.8) is 0 Å². The molecule has 0 aliphatic carbocycles. The van der Waals surface area contributed by atoms with Gasteiger partial charge in [-0.3, -0.25) is 0 Å². The lowest BCUT2D eigenvalue weighted by Gasteiger charge is -2.30. The Kier molecular flexibility index (Phi) is 10.2. The molecule has 0 nitrogen and oxygen atoms in total. The second-order valence-corrected chi connectivity index (χ2v) is 4.64. The maximum Gasteiger partial charge on any atom is -0.0354 e. The largest absolute Gasteiger partial charge is 0.0683 e. The Morgan fingerprint density at radius 1 is 0.846 bits per heavy atom. The minimum absolute atomic E-state index is 0.520. The van der Waals surface area contributed by atoms with Crippen molar-refractivity contribution in [1.82, 2.24) is 0 Å². The molecule has 0 amide bonds. The van der Waals surface area contributed by atoms with E-state index in [0.717, 1.165) is 5.92 Å². The minimum atomic E-state index is 0.520. The van der Waals surface area contributed by atoms with E-state index in [1.54, 1.807) is 0 Å². The fourth-order valence-corrected chi connectivity index (χ4v) is 1.71. The van der Waals surface area contributed by atoms with Crippen molar-refractivity contribution in [2.75, 3.05) is 0 Å². The summed E-state index contributed by atoms with van der Waals surface area (Å²) in [6.07, 6.45) is 5.47. The van der Waals surface area contributed by atoms with Gasteiger partial charge in [0.05, 0.1) is 0 Å². The van der Waals surface area contributed by atoms with Gasteiger partial charge >= 0.3 is 0 Å². The van der Waals surface area contributed by atoms with Crippen molar-refractivity contribution in [1.29, 1.82) is 0 Å². The fourth-order valence-electron chi connectivity index (χ4n) is 1.71. The van der Waals surface area contributed by atoms with Crippen LogP contribution >= 0.6 is 0 Å². The first-order chi connectivity index (χ1) is 6.02. The van der Waals surface area contributed by atoms with Crippen LogP contribution in [0.5, 0.6) is 0 Å². The van der Waals surface area contributed by atoms with Gasteiger partial charge in [-0.2, -0.15) is 0 Å². The van der Waals surface area contributed by atoms with E-state index in [2.05, 4.69) is 34.6 Å². The van der Waals surface area contributed by atoms with Crippen molar-refractivity contribution < 1.29 is 0 Å². The van der Waals surface area contributed by atoms with Crippen molar-refractivity contribution in [2.45, 2.75) is 74.1 Å². The van der Waals surface area contributed by atoms with Crippen LogP contribution in [0.25, 0.3) is 0 Å². The van der Waals surface area contributed by atoms with E-state index in [0.29, 0.717) is 5.41 Å². The lowest BCUT2D eigenvalue weighted by atomic mass is 9.76. The number of hydrogen-bond donors (Lipinski definition) is 0. The molecule has 0 bridgehead atoms. The van der Waals surface area contributed by atoms with Crippen molar-refractivity contribution >= 4 is 0 Å². The van der Waals surface area contributed by atoms with Gasteiger partial charge < -0.3 is 0 Å². The van der Waals surface area contributed by atoms with Crippen LogP contribution < -0.4 is 0 Å². The molecule has 0 aliphatic rings. The molecule has 0 atom stereocenters. The van der Waals surface area contributed by atoms with Gasteiger partial charge in [-0.05, 0) is 11.3 Å². The summed E-state index contributed by atoms with van der Waals surface area (Å²) < 4.78 is 0. The first-order valence-corrected chi connectivity index (χ1v) is 6.02. The summed E-state index contributed by atoms with van der Waals surface area (Å²) in [5.74, 6) is 0.928. The summed E-state index contributed by atoms with van der Waals surface area (Å²) in [4.78, 5) is 0. The van der Waals surface area contributed by atoms with Gasteiger partial charge in [-0.1, -0.05) is 74.1 Å². The van der Waals surface area contributed by atoms with Crippen LogP contribution in [0, 0.1) is 11.3 Å². The SMILES string of the molecule is CC.CCCC(CCC)C(C)(C)C. The zero-order valence-electron chi connectivity index (χ0n) is 10.9. The van der Waals surface area contributed by atoms with Gasteiger partial charge in [0.15, 0.2) is 0 Å². The molecule has 0 saturated carbocycles. The zero-order valence-corrected chi connectivity index (χ0v) is 10.9. The van der Waals surface area contributed by atoms with Gasteiger partial charge in [-0.15, -0.1) is 0 Å². The zero-order chi connectivity index (χ0) is 10.9. The highest BCUT2D eigenvalue weighted by molar-refractivity contribution is 4.72. The van der Waals surface area contributed by atoms with Gasteiger partial charge in [0.1, 0.15) is 0 Å². The predicted molar refractivity (Wildman–Crippen MR) is 64.1 cm³/mol. The molecule has 82 valence electrons. The molecule has 0 heterocycles. The van der Waals surface area contributed by atoms with Crippen LogP contribution in [-0.4, -0.2) is 0 Å². The normalized spacial score (nSPS) is 11.1. The van der Waals surface area contributed by atoms with Crippen LogP contribution in [0.4, 0.5) is 0 Å². The quantitative estimate of drug-likeness (QED) is 0.560. The average Bonchev–Trinajstić information content (AvgIpc) is 2.06. The molecular formula is C13H30. The van der Waals surface area contributed by atoms with E-state index in [1.165, 1.54) is 25.7 Å². The maximum atomic E-state index is 2.36. The molecule has 0 fully saturated rings. The topological polar surface area (TPSA) is 0 Å². The average molecular weight is 186 g/mol. The molecule has 13 heavy (non-hydrogen) atoms. The Balaban J connectivity index is 0. The minimum Gasteiger partial charge on any atom is -0.0683 e. The highest BCUT2D eigenvalue weighted by Crippen LogP contribution is 2.32. The van der Waals surface area contributed by atoms with E-state index in [9.17, 15) is 0 Å². The van der Waals surface area contributed by atoms with Gasteiger partial charge in [0, 0.05) is 0 Å². The van der Waals surface area contributed by atoms with E-state index in [1.807, 2.05) is 13.8 Å². The van der Waals surface area contributed by atoms with Crippen molar-refractivity contribution in [3.05, 3.63) is 0 Å². The molecular weight excluding hydrogens is 156 g/mol. The molecule has 0 spiro atoms. The number of hydrogen-bond acceptors (Lipinski definition) is 0. The van der Waals surface area contributed by atoms with Gasteiger partial charge in [-0.25, -0.2) is 0 Å². The lowest BCUT2D eigenvalue weighted by molar-refractivity contribution is 0.209. The van der Waals surface area contributed by atoms with E-state index >= 15 is 0 Å². The summed E-state index contributed by atoms with van der Waals surface area (Å²) in [6.45, 7) is 15.7. The monoisotopic (exact) mass is 186 g/mol. The van der Waals surface area contributed by atoms with Crippen LogP contribution in [0.2, 0.25) is 0 Å². The van der Waals surface area contributed by atoms with Crippen LogP contribution in [0.15, 0.2) is 0 Å². The molecule has 0 rings (SSSR count). The molecule has 0 unspecified atom stereocenters. The lowest BCUT2D eigenvalue weighted by Crippen LogP contribution is -2.19. The number of rotatable bonds is 4. The second-order valence-electron chi connectivity index (χ2n) is 4.64. The highest BCUT2D eigenvalue weighted by atomic mass is 14.3. The van der Waals surface area contributed by atoms with Crippen molar-refractivity contribution in [3.8, 4) is 0 Å². The molecule has 0 aliphatic heterocycles. The third-order valence-corrected chi connectivity index (χ3v) is 2.50. The molecule has 0 saturated heterocycles. The third kappa shape index (κ3) is 8.33. The molecule has 0 N–H and O–H groups in total. The van der Waals surface area contributed by atoms with E-state index < -0.39 is 0 Å². The summed E-state index contributed by atoms with van der Waals surface area (Å²) in [7, 11) is 0. The van der Waals surface area contributed by atoms with Gasteiger partial charge in [0.2, 0.25) is 0 Å². The molecule has 0 aromatic heterocycles. The van der Waals surface area contributed by atoms with Crippen LogP contribution in [0.1, 0.15) is 74.1 Å². The Morgan fingerprint density at radius 2 is 1.15 bits per heavy atom. The first kappa shape index (κ1) is 15.5. The van der Waals surface area contributed by atoms with Crippen LogP contribution in [-0.2, 0) is 0 Å². The predicted octanol–water partition coefficient (Wildman–Crippen LogP) is 5.28. The van der Waals surface area contributed by atoms with Gasteiger partial charge in [0.25, 0.3) is 0 Å². The Morgan fingerprint density at radius 3 is 1.31 bits per heavy atom. The highest BCUT2D eigenvalue weighted by Gasteiger charge is 2.22.